The van der Waals surface area contributed by atoms with Gasteiger partial charge in [-0.3, -0.25) is 4.90 Å². The molecule has 0 atom stereocenters. The Hall–Kier alpha value is -4.94. The first kappa shape index (κ1) is 43.8. The molecule has 0 unspecified atom stereocenters. The van der Waals surface area contributed by atoms with Crippen molar-refractivity contribution >= 4 is 67.5 Å². The summed E-state index contributed by atoms with van der Waals surface area (Å²) in [5, 5.41) is 2.86. The summed E-state index contributed by atoms with van der Waals surface area (Å²) in [6.07, 6.45) is -0.283. The van der Waals surface area contributed by atoms with Crippen LogP contribution in [0.1, 0.15) is 54.0 Å². The third-order valence-corrected chi connectivity index (χ3v) is 10.5. The van der Waals surface area contributed by atoms with Gasteiger partial charge in [0.15, 0.2) is 0 Å². The zero-order valence-corrected chi connectivity index (χ0v) is 34.9. The van der Waals surface area contributed by atoms with Crippen molar-refractivity contribution in [2.24, 2.45) is 0 Å². The summed E-state index contributed by atoms with van der Waals surface area (Å²) in [6.45, 7) is 11.7. The minimum absolute atomic E-state index is 0.000325. The maximum absolute atomic E-state index is 16.1. The maximum atomic E-state index is 16.1. The minimum atomic E-state index is -4.82. The molecule has 14 nitrogen and oxygen atoms in total. The molecule has 2 amide bonds. The number of ether oxygens (including phenoxy) is 4. The van der Waals surface area contributed by atoms with Crippen molar-refractivity contribution in [3.05, 3.63) is 77.1 Å². The largest absolute Gasteiger partial charge is 0.497 e. The van der Waals surface area contributed by atoms with Crippen LogP contribution in [0.15, 0.2) is 59.8 Å². The van der Waals surface area contributed by atoms with Crippen LogP contribution in [-0.4, -0.2) is 79.9 Å². The highest BCUT2D eigenvalue weighted by Crippen LogP contribution is 2.37. The van der Waals surface area contributed by atoms with Gasteiger partial charge < -0.3 is 29.2 Å². The van der Waals surface area contributed by atoms with Gasteiger partial charge in [-0.15, -0.1) is 0 Å². The van der Waals surface area contributed by atoms with Crippen LogP contribution >= 0.6 is 23.1 Å². The molecular formula is C37H45ClF2N6O8S2. The normalized spacial score (nSPS) is 11.8. The van der Waals surface area contributed by atoms with Crippen molar-refractivity contribution in [1.29, 1.82) is 0 Å². The van der Waals surface area contributed by atoms with Gasteiger partial charge in [0, 0.05) is 53.9 Å². The summed E-state index contributed by atoms with van der Waals surface area (Å²) < 4.78 is 86.9. The van der Waals surface area contributed by atoms with Crippen molar-refractivity contribution in [1.82, 2.24) is 14.3 Å². The fourth-order valence-electron chi connectivity index (χ4n) is 5.14. The summed E-state index contributed by atoms with van der Waals surface area (Å²) in [5.41, 5.74) is -1.61. The number of benzene rings is 3. The first-order valence-corrected chi connectivity index (χ1v) is 19.8. The molecule has 4 rings (SSSR count). The zero-order chi connectivity index (χ0) is 41.6. The number of carbonyl (C=O) groups is 2. The Labute approximate surface area is 334 Å². The topological polar surface area (TPSA) is 153 Å². The highest BCUT2D eigenvalue weighted by Gasteiger charge is 2.33. The second-order valence-corrected chi connectivity index (χ2v) is 17.2. The quantitative estimate of drug-likeness (QED) is 0.130. The van der Waals surface area contributed by atoms with Crippen LogP contribution in [0.2, 0.25) is 5.02 Å². The van der Waals surface area contributed by atoms with Gasteiger partial charge in [-0.25, -0.2) is 36.1 Å². The van der Waals surface area contributed by atoms with Crippen molar-refractivity contribution in [2.75, 3.05) is 48.4 Å². The molecule has 0 saturated heterocycles. The number of nitrogens with zero attached hydrogens (tertiary/aromatic N) is 5. The van der Waals surface area contributed by atoms with E-state index in [-0.39, 0.29) is 53.5 Å². The lowest BCUT2D eigenvalue weighted by Gasteiger charge is -2.32. The summed E-state index contributed by atoms with van der Waals surface area (Å²) in [4.78, 5) is 32.2. The molecule has 56 heavy (non-hydrogen) atoms. The number of carbonyl (C=O) groups excluding carboxylic acids is 2. The van der Waals surface area contributed by atoms with Crippen LogP contribution in [0.4, 0.5) is 40.6 Å². The van der Waals surface area contributed by atoms with E-state index in [2.05, 4.69) is 14.7 Å². The number of sulfonamides is 1. The molecule has 0 saturated carbocycles. The lowest BCUT2D eigenvalue weighted by Crippen LogP contribution is -2.44. The van der Waals surface area contributed by atoms with Gasteiger partial charge in [-0.05, 0) is 84.9 Å². The van der Waals surface area contributed by atoms with Crippen LogP contribution < -0.4 is 24.0 Å². The number of hydrogen-bond donors (Lipinski definition) is 1. The van der Waals surface area contributed by atoms with E-state index in [1.807, 2.05) is 0 Å². The molecule has 0 aliphatic carbocycles. The molecule has 0 fully saturated rings. The van der Waals surface area contributed by atoms with Crippen LogP contribution in [0.3, 0.4) is 0 Å². The molecule has 19 heteroatoms. The van der Waals surface area contributed by atoms with E-state index in [9.17, 15) is 18.0 Å². The summed E-state index contributed by atoms with van der Waals surface area (Å²) in [7, 11) is -1.96. The van der Waals surface area contributed by atoms with E-state index in [1.165, 1.54) is 42.2 Å². The molecule has 304 valence electrons. The van der Waals surface area contributed by atoms with Gasteiger partial charge in [0.1, 0.15) is 45.6 Å². The highest BCUT2D eigenvalue weighted by atomic mass is 35.5. The average Bonchev–Trinajstić information content (AvgIpc) is 3.64. The van der Waals surface area contributed by atoms with E-state index in [0.29, 0.717) is 23.4 Å². The predicted molar refractivity (Wildman–Crippen MR) is 211 cm³/mol. The number of aromatic nitrogens is 2. The molecule has 0 aliphatic rings. The Bertz CT molecular complexity index is 2130. The first-order chi connectivity index (χ1) is 26.2. The van der Waals surface area contributed by atoms with Crippen molar-refractivity contribution < 1.29 is 45.7 Å². The lowest BCUT2D eigenvalue weighted by molar-refractivity contribution is 0.0258. The molecule has 0 bridgehead atoms. The molecule has 4 aromatic rings. The Morgan fingerprint density at radius 2 is 1.55 bits per heavy atom. The van der Waals surface area contributed by atoms with Crippen LogP contribution in [0.25, 0.3) is 0 Å². The van der Waals surface area contributed by atoms with E-state index in [1.54, 1.807) is 66.7 Å². The number of rotatable bonds is 14. The number of methoxy groups -OCH3 is 2. The average molecular weight is 839 g/mol. The third kappa shape index (κ3) is 11.1. The van der Waals surface area contributed by atoms with Crippen LogP contribution in [0.5, 0.6) is 11.5 Å². The van der Waals surface area contributed by atoms with Crippen LogP contribution in [0, 0.1) is 11.6 Å². The Morgan fingerprint density at radius 1 is 0.875 bits per heavy atom. The highest BCUT2D eigenvalue weighted by molar-refractivity contribution is 7.93. The van der Waals surface area contributed by atoms with Gasteiger partial charge in [0.25, 0.3) is 10.0 Å². The molecule has 0 aliphatic heterocycles. The van der Waals surface area contributed by atoms with E-state index >= 15 is 8.78 Å². The molecule has 3 aromatic carbocycles. The number of likely N-dealkylation sites (N-methyl/N-ethyl adjacent to an activating group) is 1. The SMILES string of the molecule is CCN(CCN(C(=O)OC(C)(C)C)c1cc(Cl)ccc1Nc1cc(F)c(S(=O)(=O)N(Cc2ccc(OC)cc2OC)c2ncns2)cc1F)C(=O)OC(C)(C)C. The predicted octanol–water partition coefficient (Wildman–Crippen LogP) is 8.62. The van der Waals surface area contributed by atoms with Gasteiger partial charge in [0.2, 0.25) is 5.13 Å². The smallest absolute Gasteiger partial charge is 0.414 e. The third-order valence-electron chi connectivity index (χ3n) is 7.72. The zero-order valence-electron chi connectivity index (χ0n) is 32.5. The van der Waals surface area contributed by atoms with Crippen molar-refractivity contribution in [3.8, 4) is 11.5 Å². The monoisotopic (exact) mass is 838 g/mol. The summed E-state index contributed by atoms with van der Waals surface area (Å²) in [5.74, 6) is -1.70. The number of amides is 2. The molecule has 0 radical (unpaired) electrons. The van der Waals surface area contributed by atoms with Gasteiger partial charge in [-0.2, -0.15) is 4.37 Å². The number of hydrogen-bond acceptors (Lipinski definition) is 12. The van der Waals surface area contributed by atoms with E-state index in [4.69, 9.17) is 30.5 Å². The first-order valence-electron chi connectivity index (χ1n) is 17.2. The second-order valence-electron chi connectivity index (χ2n) is 14.2. The molecule has 1 aromatic heterocycles. The van der Waals surface area contributed by atoms with Gasteiger partial charge in [-0.1, -0.05) is 11.6 Å². The Morgan fingerprint density at radius 3 is 2.14 bits per heavy atom. The fraction of sp³-hybridized carbons (Fsp3) is 0.405. The molecule has 1 heterocycles. The van der Waals surface area contributed by atoms with Gasteiger partial charge >= 0.3 is 12.2 Å². The summed E-state index contributed by atoms with van der Waals surface area (Å²) >= 11 is 7.13. The van der Waals surface area contributed by atoms with E-state index < -0.39 is 55.6 Å². The number of halogens is 3. The number of nitrogens with one attached hydrogen (secondary N) is 1. The molecule has 0 spiro atoms. The standard InChI is InChI=1S/C37H45ClF2N6O8S2/c1-10-44(34(47)53-36(2,3)4)15-16-45(35(48)54-37(5,6)7)30-17-24(38)12-14-28(30)43-29-19-27(40)32(20-26(29)39)56(49,50)46(33-41-22-42-55-33)21-23-11-13-25(51-8)18-31(23)52-9/h11-14,17-20,22,43H,10,15-16,21H2,1-9H3. The molecular weight excluding hydrogens is 794 g/mol. The van der Waals surface area contributed by atoms with Crippen LogP contribution in [-0.2, 0) is 26.0 Å². The van der Waals surface area contributed by atoms with Crippen molar-refractivity contribution in [3.63, 3.8) is 0 Å². The number of anilines is 4. The van der Waals surface area contributed by atoms with E-state index in [0.717, 1.165) is 22.2 Å². The Kier molecular flexibility index (Phi) is 14.0. The molecule has 1 N–H and O–H groups in total. The lowest BCUT2D eigenvalue weighted by atomic mass is 10.2. The van der Waals surface area contributed by atoms with Crippen molar-refractivity contribution in [2.45, 2.75) is 71.1 Å². The summed E-state index contributed by atoms with van der Waals surface area (Å²) in [6, 6.07) is 10.3. The maximum Gasteiger partial charge on any atom is 0.414 e. The fourth-order valence-corrected chi connectivity index (χ4v) is 7.50. The minimum Gasteiger partial charge on any atom is -0.497 e. The second kappa shape index (κ2) is 17.9. The van der Waals surface area contributed by atoms with Gasteiger partial charge in [0.05, 0.1) is 37.8 Å². The Balaban J connectivity index is 1.73.